The average molecular weight is 367 g/mol. The Bertz CT molecular complexity index is 909. The molecule has 138 valence electrons. The van der Waals surface area contributed by atoms with Crippen LogP contribution in [0.2, 0.25) is 0 Å². The van der Waals surface area contributed by atoms with Crippen molar-refractivity contribution in [2.45, 2.75) is 37.8 Å². The fourth-order valence-electron chi connectivity index (χ4n) is 3.81. The summed E-state index contributed by atoms with van der Waals surface area (Å²) in [4.78, 5) is 38.1. The van der Waals surface area contributed by atoms with Crippen LogP contribution in [-0.4, -0.2) is 28.8 Å². The number of Topliss-reactive ketones (excluding diaryl/α,β-unsaturated/α-hetero) is 1. The molecule has 2 aromatic carbocycles. The average Bonchev–Trinajstić information content (AvgIpc) is 3.16. The van der Waals surface area contributed by atoms with E-state index in [2.05, 4.69) is 0 Å². The minimum absolute atomic E-state index is 0.0768. The number of rotatable bonds is 5. The molecule has 1 aliphatic carbocycles. The Morgan fingerprint density at radius 2 is 1.81 bits per heavy atom. The number of imide groups is 1. The highest BCUT2D eigenvalue weighted by Gasteiger charge is 2.49. The quantitative estimate of drug-likeness (QED) is 0.754. The third kappa shape index (κ3) is 3.23. The zero-order valence-electron chi connectivity index (χ0n) is 14.6. The van der Waals surface area contributed by atoms with Crippen LogP contribution in [-0.2, 0) is 16.0 Å². The van der Waals surface area contributed by atoms with E-state index >= 15 is 0 Å². The Labute approximate surface area is 155 Å². The lowest BCUT2D eigenvalue weighted by Crippen LogP contribution is -2.34. The van der Waals surface area contributed by atoms with E-state index in [4.69, 9.17) is 4.74 Å². The predicted molar refractivity (Wildman–Crippen MR) is 94.6 cm³/mol. The van der Waals surface area contributed by atoms with E-state index in [9.17, 15) is 18.8 Å². The minimum Gasteiger partial charge on any atom is -0.443 e. The van der Waals surface area contributed by atoms with Crippen molar-refractivity contribution in [1.29, 1.82) is 0 Å². The van der Waals surface area contributed by atoms with Crippen LogP contribution in [0, 0.1) is 5.82 Å². The zero-order valence-corrected chi connectivity index (χ0v) is 14.6. The third-order valence-corrected chi connectivity index (χ3v) is 5.10. The van der Waals surface area contributed by atoms with Gasteiger partial charge in [0.25, 0.3) is 0 Å². The molecule has 1 aliphatic heterocycles. The van der Waals surface area contributed by atoms with Crippen LogP contribution in [0.25, 0.3) is 0 Å². The maximum atomic E-state index is 12.9. The lowest BCUT2D eigenvalue weighted by molar-refractivity contribution is -0.129. The van der Waals surface area contributed by atoms with E-state index in [1.807, 2.05) is 24.3 Å². The standard InChI is InChI=1S/C21H18FNO4/c22-15-10-8-13(9-11-15)17(24)6-3-7-19(25)23-20-16-5-2-1-4-14(16)12-18(20)27-21(23)26/h1-2,4-5,8-11,18,20H,3,6-7,12H2/t18-,20-/m0/s1. The number of benzene rings is 2. The number of ketones is 1. The second-order valence-electron chi connectivity index (χ2n) is 6.82. The number of hydrogen-bond donors (Lipinski definition) is 0. The second-order valence-corrected chi connectivity index (χ2v) is 6.82. The van der Waals surface area contributed by atoms with E-state index in [0.29, 0.717) is 18.4 Å². The monoisotopic (exact) mass is 367 g/mol. The van der Waals surface area contributed by atoms with Gasteiger partial charge in [-0.15, -0.1) is 0 Å². The molecule has 0 saturated carbocycles. The highest BCUT2D eigenvalue weighted by Crippen LogP contribution is 2.42. The van der Waals surface area contributed by atoms with Crippen LogP contribution in [0.4, 0.5) is 9.18 Å². The summed E-state index contributed by atoms with van der Waals surface area (Å²) in [5.41, 5.74) is 2.45. The summed E-state index contributed by atoms with van der Waals surface area (Å²) in [6, 6.07) is 12.6. The van der Waals surface area contributed by atoms with Crippen molar-refractivity contribution in [2.75, 3.05) is 0 Å². The Kier molecular flexibility index (Phi) is 4.48. The molecular weight excluding hydrogens is 349 g/mol. The Balaban J connectivity index is 1.39. The topological polar surface area (TPSA) is 63.7 Å². The molecule has 27 heavy (non-hydrogen) atoms. The third-order valence-electron chi connectivity index (χ3n) is 5.10. The highest BCUT2D eigenvalue weighted by molar-refractivity contribution is 5.97. The molecule has 0 aromatic heterocycles. The van der Waals surface area contributed by atoms with Gasteiger partial charge in [0.1, 0.15) is 18.0 Å². The molecule has 0 N–H and O–H groups in total. The van der Waals surface area contributed by atoms with Gasteiger partial charge in [-0.05, 0) is 41.8 Å². The van der Waals surface area contributed by atoms with Gasteiger partial charge in [-0.1, -0.05) is 24.3 Å². The first-order valence-corrected chi connectivity index (χ1v) is 8.94. The molecule has 2 amide bonds. The van der Waals surface area contributed by atoms with Crippen LogP contribution in [0.3, 0.4) is 0 Å². The molecule has 5 nitrogen and oxygen atoms in total. The van der Waals surface area contributed by atoms with Gasteiger partial charge in [0, 0.05) is 24.8 Å². The van der Waals surface area contributed by atoms with Crippen LogP contribution in [0.5, 0.6) is 0 Å². The van der Waals surface area contributed by atoms with Crippen molar-refractivity contribution in [2.24, 2.45) is 0 Å². The van der Waals surface area contributed by atoms with Gasteiger partial charge in [-0.2, -0.15) is 0 Å². The summed E-state index contributed by atoms with van der Waals surface area (Å²) in [5.74, 6) is -0.896. The molecule has 2 aromatic rings. The van der Waals surface area contributed by atoms with Gasteiger partial charge < -0.3 is 4.74 Å². The maximum Gasteiger partial charge on any atom is 0.417 e. The van der Waals surface area contributed by atoms with Gasteiger partial charge in [-0.3, -0.25) is 9.59 Å². The summed E-state index contributed by atoms with van der Waals surface area (Å²) in [6.45, 7) is 0. The molecule has 1 fully saturated rings. The van der Waals surface area contributed by atoms with Gasteiger partial charge >= 0.3 is 6.09 Å². The number of carbonyl (C=O) groups excluding carboxylic acids is 3. The Morgan fingerprint density at radius 1 is 1.07 bits per heavy atom. The number of amides is 2. The normalized spacial score (nSPS) is 20.2. The lowest BCUT2D eigenvalue weighted by atomic mass is 10.0. The van der Waals surface area contributed by atoms with Crippen molar-refractivity contribution in [3.8, 4) is 0 Å². The molecule has 1 heterocycles. The number of nitrogens with zero attached hydrogens (tertiary/aromatic N) is 1. The summed E-state index contributed by atoms with van der Waals surface area (Å²) in [7, 11) is 0. The number of carbonyl (C=O) groups is 3. The number of ether oxygens (including phenoxy) is 1. The summed E-state index contributed by atoms with van der Waals surface area (Å²) < 4.78 is 18.3. The summed E-state index contributed by atoms with van der Waals surface area (Å²) >= 11 is 0. The molecule has 4 rings (SSSR count). The maximum absolute atomic E-state index is 12.9. The number of fused-ring (bicyclic) bond motifs is 3. The number of halogens is 1. The molecule has 2 aliphatic rings. The van der Waals surface area contributed by atoms with E-state index < -0.39 is 11.9 Å². The molecular formula is C21H18FNO4. The molecule has 0 radical (unpaired) electrons. The van der Waals surface area contributed by atoms with Crippen molar-refractivity contribution in [3.63, 3.8) is 0 Å². The smallest absolute Gasteiger partial charge is 0.417 e. The first-order chi connectivity index (χ1) is 13.0. The van der Waals surface area contributed by atoms with Gasteiger partial charge in [0.15, 0.2) is 5.78 Å². The SMILES string of the molecule is O=C(CCCC(=O)N1C(=O)O[C@H]2Cc3ccccc3[C@@H]21)c1ccc(F)cc1. The Hall–Kier alpha value is -3.02. The van der Waals surface area contributed by atoms with Gasteiger partial charge in [0.2, 0.25) is 5.91 Å². The van der Waals surface area contributed by atoms with Crippen LogP contribution in [0.15, 0.2) is 48.5 Å². The predicted octanol–water partition coefficient (Wildman–Crippen LogP) is 3.82. The summed E-state index contributed by atoms with van der Waals surface area (Å²) in [5, 5.41) is 0. The molecule has 1 saturated heterocycles. The molecule has 2 atom stereocenters. The van der Waals surface area contributed by atoms with Crippen LogP contribution in [0.1, 0.15) is 46.8 Å². The molecule has 0 bridgehead atoms. The zero-order chi connectivity index (χ0) is 19.0. The first kappa shape index (κ1) is 17.4. The highest BCUT2D eigenvalue weighted by atomic mass is 19.1. The molecule has 0 unspecified atom stereocenters. The largest absolute Gasteiger partial charge is 0.443 e. The molecule has 6 heteroatoms. The lowest BCUT2D eigenvalue weighted by Gasteiger charge is -2.19. The van der Waals surface area contributed by atoms with Gasteiger partial charge in [0.05, 0.1) is 0 Å². The van der Waals surface area contributed by atoms with Gasteiger partial charge in [-0.25, -0.2) is 14.1 Å². The fourth-order valence-corrected chi connectivity index (χ4v) is 3.81. The van der Waals surface area contributed by atoms with Crippen molar-refractivity contribution >= 4 is 17.8 Å². The minimum atomic E-state index is -0.616. The fraction of sp³-hybridized carbons (Fsp3) is 0.286. The molecule has 0 spiro atoms. The van der Waals surface area contributed by atoms with Crippen molar-refractivity contribution < 1.29 is 23.5 Å². The van der Waals surface area contributed by atoms with E-state index in [0.717, 1.165) is 11.1 Å². The van der Waals surface area contributed by atoms with E-state index in [1.54, 1.807) is 0 Å². The van der Waals surface area contributed by atoms with Crippen LogP contribution >= 0.6 is 0 Å². The summed E-state index contributed by atoms with van der Waals surface area (Å²) in [6.07, 6.45) is 0.212. The first-order valence-electron chi connectivity index (χ1n) is 8.94. The second kappa shape index (κ2) is 6.95. The van der Waals surface area contributed by atoms with E-state index in [1.165, 1.54) is 29.2 Å². The van der Waals surface area contributed by atoms with E-state index in [-0.39, 0.29) is 36.7 Å². The van der Waals surface area contributed by atoms with Crippen LogP contribution < -0.4 is 0 Å². The van der Waals surface area contributed by atoms with Crippen molar-refractivity contribution in [1.82, 2.24) is 4.90 Å². The van der Waals surface area contributed by atoms with Crippen molar-refractivity contribution in [3.05, 3.63) is 71.0 Å². The Morgan fingerprint density at radius 3 is 2.59 bits per heavy atom. The number of hydrogen-bond acceptors (Lipinski definition) is 4.